The molecule has 1 aliphatic heterocycles. The highest BCUT2D eigenvalue weighted by Gasteiger charge is 2.27. The van der Waals surface area contributed by atoms with Gasteiger partial charge in [-0.2, -0.15) is 0 Å². The van der Waals surface area contributed by atoms with E-state index in [4.69, 9.17) is 23.2 Å². The maximum absolute atomic E-state index is 13.3. The standard InChI is InChI=1S/C24H22Cl2FN3O/c1-15-22(29-20-8-4-18(25)5-9-20)21(14-28-23(15)26)24(31)30-12-10-17(11-13-30)16-2-6-19(27)7-3-16/h2-9,14,17H,10-13H2,1H3,(H,28,29). The summed E-state index contributed by atoms with van der Waals surface area (Å²) in [5, 5.41) is 4.29. The van der Waals surface area contributed by atoms with Gasteiger partial charge in [-0.25, -0.2) is 9.37 Å². The monoisotopic (exact) mass is 457 g/mol. The van der Waals surface area contributed by atoms with E-state index in [2.05, 4.69) is 10.3 Å². The molecule has 1 aliphatic rings. The number of hydrogen-bond donors (Lipinski definition) is 1. The van der Waals surface area contributed by atoms with E-state index in [1.54, 1.807) is 12.1 Å². The minimum Gasteiger partial charge on any atom is -0.355 e. The van der Waals surface area contributed by atoms with Crippen LogP contribution in [-0.2, 0) is 0 Å². The Hall–Kier alpha value is -2.63. The molecule has 160 valence electrons. The lowest BCUT2D eigenvalue weighted by Crippen LogP contribution is -2.38. The third-order valence-electron chi connectivity index (χ3n) is 5.73. The highest BCUT2D eigenvalue weighted by molar-refractivity contribution is 6.31. The van der Waals surface area contributed by atoms with E-state index in [-0.39, 0.29) is 11.7 Å². The maximum Gasteiger partial charge on any atom is 0.257 e. The second kappa shape index (κ2) is 9.25. The summed E-state index contributed by atoms with van der Waals surface area (Å²) < 4.78 is 13.2. The third-order valence-corrected chi connectivity index (χ3v) is 6.36. The summed E-state index contributed by atoms with van der Waals surface area (Å²) in [7, 11) is 0. The number of pyridine rings is 1. The quantitative estimate of drug-likeness (QED) is 0.448. The SMILES string of the molecule is Cc1c(Cl)ncc(C(=O)N2CCC(c3ccc(F)cc3)CC2)c1Nc1ccc(Cl)cc1. The van der Waals surface area contributed by atoms with Crippen molar-refractivity contribution < 1.29 is 9.18 Å². The molecule has 2 heterocycles. The van der Waals surface area contributed by atoms with Crippen LogP contribution in [0.25, 0.3) is 0 Å². The van der Waals surface area contributed by atoms with Crippen LogP contribution in [0.3, 0.4) is 0 Å². The number of rotatable bonds is 4. The van der Waals surface area contributed by atoms with Crippen molar-refractivity contribution in [2.75, 3.05) is 18.4 Å². The first-order valence-corrected chi connectivity index (χ1v) is 10.9. The van der Waals surface area contributed by atoms with E-state index in [1.807, 2.05) is 36.1 Å². The molecule has 31 heavy (non-hydrogen) atoms. The molecule has 0 atom stereocenters. The minimum absolute atomic E-state index is 0.0821. The van der Waals surface area contributed by atoms with Crippen LogP contribution >= 0.6 is 23.2 Å². The zero-order chi connectivity index (χ0) is 22.0. The van der Waals surface area contributed by atoms with Crippen molar-refractivity contribution >= 4 is 40.5 Å². The molecular formula is C24H22Cl2FN3O. The molecule has 0 radical (unpaired) electrons. The minimum atomic E-state index is -0.234. The van der Waals surface area contributed by atoms with Gasteiger partial charge in [0.1, 0.15) is 11.0 Å². The van der Waals surface area contributed by atoms with E-state index in [9.17, 15) is 9.18 Å². The van der Waals surface area contributed by atoms with E-state index >= 15 is 0 Å². The maximum atomic E-state index is 13.3. The summed E-state index contributed by atoms with van der Waals surface area (Å²) in [6.07, 6.45) is 3.19. The van der Waals surface area contributed by atoms with Gasteiger partial charge in [0.25, 0.3) is 5.91 Å². The molecule has 1 aromatic heterocycles. The topological polar surface area (TPSA) is 45.2 Å². The second-order valence-electron chi connectivity index (χ2n) is 7.71. The lowest BCUT2D eigenvalue weighted by atomic mass is 9.89. The van der Waals surface area contributed by atoms with Crippen molar-refractivity contribution in [2.45, 2.75) is 25.7 Å². The summed E-state index contributed by atoms with van der Waals surface area (Å²) in [5.74, 6) is 0.00497. The van der Waals surface area contributed by atoms with Crippen LogP contribution < -0.4 is 5.32 Å². The Kier molecular flexibility index (Phi) is 6.44. The second-order valence-corrected chi connectivity index (χ2v) is 8.51. The molecule has 3 aromatic rings. The van der Waals surface area contributed by atoms with Crippen LogP contribution in [0.15, 0.2) is 54.7 Å². The predicted molar refractivity (Wildman–Crippen MR) is 123 cm³/mol. The number of benzene rings is 2. The first-order chi connectivity index (χ1) is 14.9. The number of aromatic nitrogens is 1. The van der Waals surface area contributed by atoms with Crippen molar-refractivity contribution in [2.24, 2.45) is 0 Å². The van der Waals surface area contributed by atoms with Gasteiger partial charge in [0.15, 0.2) is 0 Å². The fraction of sp³-hybridized carbons (Fsp3) is 0.250. The third kappa shape index (κ3) is 4.83. The Balaban J connectivity index is 1.52. The molecule has 0 spiro atoms. The van der Waals surface area contributed by atoms with Crippen LogP contribution in [0, 0.1) is 12.7 Å². The predicted octanol–water partition coefficient (Wildman–Crippen LogP) is 6.60. The molecule has 4 rings (SSSR count). The van der Waals surface area contributed by atoms with E-state index < -0.39 is 0 Å². The number of nitrogens with one attached hydrogen (secondary N) is 1. The molecule has 0 unspecified atom stereocenters. The zero-order valence-electron chi connectivity index (χ0n) is 17.0. The van der Waals surface area contributed by atoms with Crippen LogP contribution in [0.4, 0.5) is 15.8 Å². The van der Waals surface area contributed by atoms with Gasteiger partial charge in [-0.3, -0.25) is 4.79 Å². The number of nitrogens with zero attached hydrogens (tertiary/aromatic N) is 2. The summed E-state index contributed by atoms with van der Waals surface area (Å²) in [6.45, 7) is 3.09. The number of piperidine rings is 1. The Labute approximate surface area is 191 Å². The number of carbonyl (C=O) groups excluding carboxylic acids is 1. The van der Waals surface area contributed by atoms with Gasteiger partial charge in [0, 0.05) is 35.6 Å². The Morgan fingerprint density at radius 2 is 1.71 bits per heavy atom. The zero-order valence-corrected chi connectivity index (χ0v) is 18.6. The van der Waals surface area contributed by atoms with Gasteiger partial charge in [-0.1, -0.05) is 35.3 Å². The van der Waals surface area contributed by atoms with Gasteiger partial charge >= 0.3 is 0 Å². The molecule has 1 amide bonds. The number of amides is 1. The number of anilines is 2. The summed E-state index contributed by atoms with van der Waals surface area (Å²) >= 11 is 12.2. The molecule has 1 fully saturated rings. The lowest BCUT2D eigenvalue weighted by molar-refractivity contribution is 0.0713. The van der Waals surface area contributed by atoms with Crippen molar-refractivity contribution in [3.63, 3.8) is 0 Å². The molecular weight excluding hydrogens is 436 g/mol. The molecule has 2 aromatic carbocycles. The highest BCUT2D eigenvalue weighted by atomic mass is 35.5. The largest absolute Gasteiger partial charge is 0.355 e. The summed E-state index contributed by atoms with van der Waals surface area (Å²) in [5.41, 5.74) is 3.76. The average molecular weight is 458 g/mol. The van der Waals surface area contributed by atoms with Crippen molar-refractivity contribution in [1.82, 2.24) is 9.88 Å². The molecule has 0 bridgehead atoms. The Morgan fingerprint density at radius 3 is 2.35 bits per heavy atom. The summed E-state index contributed by atoms with van der Waals surface area (Å²) in [6, 6.07) is 13.9. The number of hydrogen-bond acceptors (Lipinski definition) is 3. The Bertz CT molecular complexity index is 1080. The van der Waals surface area contributed by atoms with Gasteiger partial charge < -0.3 is 10.2 Å². The van der Waals surface area contributed by atoms with Gasteiger partial charge in [-0.05, 0) is 67.6 Å². The number of likely N-dealkylation sites (tertiary alicyclic amines) is 1. The highest BCUT2D eigenvalue weighted by Crippen LogP contribution is 2.33. The normalized spacial score (nSPS) is 14.5. The molecule has 4 nitrogen and oxygen atoms in total. The van der Waals surface area contributed by atoms with Crippen LogP contribution in [0.2, 0.25) is 10.2 Å². The van der Waals surface area contributed by atoms with Crippen molar-refractivity contribution in [3.8, 4) is 0 Å². The number of carbonyl (C=O) groups is 1. The fourth-order valence-electron chi connectivity index (χ4n) is 3.91. The Morgan fingerprint density at radius 1 is 1.06 bits per heavy atom. The molecule has 0 aliphatic carbocycles. The van der Waals surface area contributed by atoms with E-state index in [0.29, 0.717) is 46.0 Å². The molecule has 0 saturated carbocycles. The fourth-order valence-corrected chi connectivity index (χ4v) is 4.18. The first kappa shape index (κ1) is 21.6. The summed E-state index contributed by atoms with van der Waals surface area (Å²) in [4.78, 5) is 19.4. The van der Waals surface area contributed by atoms with Crippen LogP contribution in [0.5, 0.6) is 0 Å². The van der Waals surface area contributed by atoms with Crippen molar-refractivity contribution in [1.29, 1.82) is 0 Å². The van der Waals surface area contributed by atoms with Crippen molar-refractivity contribution in [3.05, 3.63) is 87.4 Å². The van der Waals surface area contributed by atoms with Gasteiger partial charge in [0.2, 0.25) is 0 Å². The molecule has 1 N–H and O–H groups in total. The van der Waals surface area contributed by atoms with E-state index in [0.717, 1.165) is 24.1 Å². The van der Waals surface area contributed by atoms with Gasteiger partial charge in [-0.15, -0.1) is 0 Å². The van der Waals surface area contributed by atoms with Crippen LogP contribution in [-0.4, -0.2) is 28.9 Å². The first-order valence-electron chi connectivity index (χ1n) is 10.1. The molecule has 1 saturated heterocycles. The number of halogens is 3. The smallest absolute Gasteiger partial charge is 0.257 e. The lowest BCUT2D eigenvalue weighted by Gasteiger charge is -2.33. The molecule has 7 heteroatoms. The van der Waals surface area contributed by atoms with Gasteiger partial charge in [0.05, 0.1) is 11.3 Å². The van der Waals surface area contributed by atoms with Crippen LogP contribution in [0.1, 0.15) is 40.2 Å². The average Bonchev–Trinajstić information content (AvgIpc) is 2.79. The van der Waals surface area contributed by atoms with E-state index in [1.165, 1.54) is 18.3 Å².